The van der Waals surface area contributed by atoms with Gasteiger partial charge in [-0.2, -0.15) is 0 Å². The summed E-state index contributed by atoms with van der Waals surface area (Å²) in [7, 11) is -1.46. The first-order valence-corrected chi connectivity index (χ1v) is 6.99. The molecular weight excluding hydrogens is 292 g/mol. The fourth-order valence-electron chi connectivity index (χ4n) is 1.61. The maximum Gasteiger partial charge on any atom is 0.319 e. The SMILES string of the molecule is O=C(O)C(C1CC1)S(=O)c1cccc(Br)c1. The molecule has 0 heterocycles. The van der Waals surface area contributed by atoms with Crippen molar-refractivity contribution in [3.05, 3.63) is 28.7 Å². The van der Waals surface area contributed by atoms with E-state index in [-0.39, 0.29) is 5.92 Å². The van der Waals surface area contributed by atoms with E-state index in [9.17, 15) is 9.00 Å². The molecule has 2 atom stereocenters. The number of rotatable bonds is 4. The zero-order valence-electron chi connectivity index (χ0n) is 8.43. The van der Waals surface area contributed by atoms with Crippen LogP contribution in [0.2, 0.25) is 0 Å². The van der Waals surface area contributed by atoms with Gasteiger partial charge in [0.1, 0.15) is 5.25 Å². The summed E-state index contributed by atoms with van der Waals surface area (Å²) >= 11 is 3.29. The molecule has 1 aromatic carbocycles. The molecular formula is C11H11BrO3S. The Kier molecular flexibility index (Phi) is 3.44. The van der Waals surface area contributed by atoms with E-state index in [2.05, 4.69) is 15.9 Å². The van der Waals surface area contributed by atoms with Crippen molar-refractivity contribution in [2.45, 2.75) is 23.0 Å². The number of benzene rings is 1. The van der Waals surface area contributed by atoms with Gasteiger partial charge in [-0.15, -0.1) is 0 Å². The Morgan fingerprint density at radius 2 is 2.19 bits per heavy atom. The summed E-state index contributed by atoms with van der Waals surface area (Å²) < 4.78 is 12.9. The molecule has 86 valence electrons. The van der Waals surface area contributed by atoms with Crippen LogP contribution in [-0.4, -0.2) is 20.5 Å². The van der Waals surface area contributed by atoms with Gasteiger partial charge >= 0.3 is 5.97 Å². The highest BCUT2D eigenvalue weighted by Gasteiger charge is 2.40. The Hall–Kier alpha value is -0.680. The molecule has 0 saturated heterocycles. The fourth-order valence-corrected chi connectivity index (χ4v) is 3.71. The lowest BCUT2D eigenvalue weighted by atomic mass is 10.3. The van der Waals surface area contributed by atoms with Gasteiger partial charge in [0.15, 0.2) is 0 Å². The molecule has 0 spiro atoms. The molecule has 0 aliphatic heterocycles. The van der Waals surface area contributed by atoms with Crippen LogP contribution < -0.4 is 0 Å². The third-order valence-corrected chi connectivity index (χ3v) is 4.81. The summed E-state index contributed by atoms with van der Waals surface area (Å²) in [6.45, 7) is 0. The minimum Gasteiger partial charge on any atom is -0.480 e. The van der Waals surface area contributed by atoms with E-state index in [1.54, 1.807) is 18.2 Å². The smallest absolute Gasteiger partial charge is 0.319 e. The highest BCUT2D eigenvalue weighted by molar-refractivity contribution is 9.10. The fraction of sp³-hybridized carbons (Fsp3) is 0.364. The van der Waals surface area contributed by atoms with E-state index in [0.29, 0.717) is 4.90 Å². The highest BCUT2D eigenvalue weighted by Crippen LogP contribution is 2.37. The van der Waals surface area contributed by atoms with Crippen molar-refractivity contribution in [2.24, 2.45) is 5.92 Å². The number of carboxylic acids is 1. The van der Waals surface area contributed by atoms with Crippen LogP contribution in [0.1, 0.15) is 12.8 Å². The minimum absolute atomic E-state index is 0.0808. The zero-order valence-corrected chi connectivity index (χ0v) is 10.8. The Labute approximate surface area is 104 Å². The predicted molar refractivity (Wildman–Crippen MR) is 64.7 cm³/mol. The molecule has 2 rings (SSSR count). The molecule has 0 radical (unpaired) electrons. The predicted octanol–water partition coefficient (Wildman–Crippen LogP) is 2.42. The van der Waals surface area contributed by atoms with Crippen LogP contribution in [0.4, 0.5) is 0 Å². The van der Waals surface area contributed by atoms with Crippen molar-refractivity contribution in [3.63, 3.8) is 0 Å². The molecule has 1 fully saturated rings. The third kappa shape index (κ3) is 2.52. The first-order chi connectivity index (χ1) is 7.59. The normalized spacial score (nSPS) is 19.1. The molecule has 2 unspecified atom stereocenters. The van der Waals surface area contributed by atoms with Crippen molar-refractivity contribution < 1.29 is 14.1 Å². The van der Waals surface area contributed by atoms with Crippen molar-refractivity contribution in [1.82, 2.24) is 0 Å². The number of hydrogen-bond acceptors (Lipinski definition) is 2. The molecule has 1 aromatic rings. The van der Waals surface area contributed by atoms with Gasteiger partial charge in [0.25, 0.3) is 0 Å². The molecule has 1 saturated carbocycles. The molecule has 5 heteroatoms. The van der Waals surface area contributed by atoms with Gasteiger partial charge in [-0.25, -0.2) is 0 Å². The van der Waals surface area contributed by atoms with Crippen LogP contribution in [-0.2, 0) is 15.6 Å². The first kappa shape index (κ1) is 11.8. The Balaban J connectivity index is 2.26. The zero-order chi connectivity index (χ0) is 11.7. The molecule has 16 heavy (non-hydrogen) atoms. The van der Waals surface area contributed by atoms with Crippen LogP contribution in [0.25, 0.3) is 0 Å². The van der Waals surface area contributed by atoms with Crippen molar-refractivity contribution in [3.8, 4) is 0 Å². The average Bonchev–Trinajstić information content (AvgIpc) is 3.01. The first-order valence-electron chi connectivity index (χ1n) is 4.98. The molecule has 0 amide bonds. The van der Waals surface area contributed by atoms with E-state index >= 15 is 0 Å². The van der Waals surface area contributed by atoms with Crippen LogP contribution in [0.5, 0.6) is 0 Å². The maximum absolute atomic E-state index is 12.1. The van der Waals surface area contributed by atoms with Crippen LogP contribution >= 0.6 is 15.9 Å². The van der Waals surface area contributed by atoms with Crippen LogP contribution in [0.3, 0.4) is 0 Å². The topological polar surface area (TPSA) is 54.4 Å². The monoisotopic (exact) mass is 302 g/mol. The van der Waals surface area contributed by atoms with Crippen LogP contribution in [0, 0.1) is 5.92 Å². The summed E-state index contributed by atoms with van der Waals surface area (Å²) in [6.07, 6.45) is 1.74. The van der Waals surface area contributed by atoms with Gasteiger partial charge in [0.05, 0.1) is 10.8 Å². The molecule has 1 aliphatic rings. The van der Waals surface area contributed by atoms with Crippen LogP contribution in [0.15, 0.2) is 33.6 Å². The highest BCUT2D eigenvalue weighted by atomic mass is 79.9. The van der Waals surface area contributed by atoms with Gasteiger partial charge in [-0.05, 0) is 37.0 Å². The average molecular weight is 303 g/mol. The third-order valence-electron chi connectivity index (χ3n) is 2.55. The second kappa shape index (κ2) is 4.67. The van der Waals surface area contributed by atoms with Crippen molar-refractivity contribution in [2.75, 3.05) is 0 Å². The summed E-state index contributed by atoms with van der Waals surface area (Å²) in [5.74, 6) is -0.877. The second-order valence-corrected chi connectivity index (χ2v) is 6.34. The molecule has 1 aliphatic carbocycles. The number of carbonyl (C=O) groups is 1. The van der Waals surface area contributed by atoms with Gasteiger partial charge in [0.2, 0.25) is 0 Å². The van der Waals surface area contributed by atoms with Gasteiger partial charge in [-0.1, -0.05) is 22.0 Å². The lowest BCUT2D eigenvalue weighted by Gasteiger charge is -2.11. The van der Waals surface area contributed by atoms with Crippen molar-refractivity contribution >= 4 is 32.7 Å². The maximum atomic E-state index is 12.1. The second-order valence-electron chi connectivity index (χ2n) is 3.85. The molecule has 0 aromatic heterocycles. The van der Waals surface area contributed by atoms with Gasteiger partial charge < -0.3 is 5.11 Å². The van der Waals surface area contributed by atoms with E-state index in [1.807, 2.05) is 6.07 Å². The lowest BCUT2D eigenvalue weighted by Crippen LogP contribution is -2.27. The largest absolute Gasteiger partial charge is 0.480 e. The lowest BCUT2D eigenvalue weighted by molar-refractivity contribution is -0.136. The standard InChI is InChI=1S/C11H11BrO3S/c12-8-2-1-3-9(6-8)16(15)10(11(13)14)7-4-5-7/h1-3,6-7,10H,4-5H2,(H,13,14). The Morgan fingerprint density at radius 3 is 2.69 bits per heavy atom. The molecule has 0 bridgehead atoms. The van der Waals surface area contributed by atoms with E-state index in [0.717, 1.165) is 17.3 Å². The number of carboxylic acid groups (broad SMARTS) is 1. The van der Waals surface area contributed by atoms with Crippen molar-refractivity contribution in [1.29, 1.82) is 0 Å². The van der Waals surface area contributed by atoms with E-state index < -0.39 is 22.0 Å². The summed E-state index contributed by atoms with van der Waals surface area (Å²) in [6, 6.07) is 7.02. The van der Waals surface area contributed by atoms with Gasteiger partial charge in [0, 0.05) is 9.37 Å². The summed E-state index contributed by atoms with van der Waals surface area (Å²) in [5.41, 5.74) is 0. The summed E-state index contributed by atoms with van der Waals surface area (Å²) in [4.78, 5) is 11.7. The van der Waals surface area contributed by atoms with E-state index in [1.165, 1.54) is 0 Å². The number of halogens is 1. The number of aliphatic carboxylic acids is 1. The minimum atomic E-state index is -1.46. The molecule has 1 N–H and O–H groups in total. The number of hydrogen-bond donors (Lipinski definition) is 1. The quantitative estimate of drug-likeness (QED) is 0.929. The Bertz CT molecular complexity index is 443. The van der Waals surface area contributed by atoms with E-state index in [4.69, 9.17) is 5.11 Å². The molecule has 3 nitrogen and oxygen atoms in total. The Morgan fingerprint density at radius 1 is 1.50 bits per heavy atom. The van der Waals surface area contributed by atoms with Gasteiger partial charge in [-0.3, -0.25) is 9.00 Å². The summed E-state index contributed by atoms with van der Waals surface area (Å²) in [5, 5.41) is 8.32.